The van der Waals surface area contributed by atoms with Gasteiger partial charge in [-0.2, -0.15) is 0 Å². The van der Waals surface area contributed by atoms with E-state index in [1.807, 2.05) is 0 Å². The highest BCUT2D eigenvalue weighted by atomic mass is 16.3. The normalized spacial score (nSPS) is 16.3. The average molecular weight is 656 g/mol. The first-order valence-corrected chi connectivity index (χ1v) is 17.9. The summed E-state index contributed by atoms with van der Waals surface area (Å²) >= 11 is 0. The van der Waals surface area contributed by atoms with Crippen molar-refractivity contribution in [3.05, 3.63) is 192 Å². The first-order chi connectivity index (χ1) is 25.0. The lowest BCUT2D eigenvalue weighted by Gasteiger charge is -2.30. The van der Waals surface area contributed by atoms with E-state index in [4.69, 9.17) is 4.42 Å². The van der Waals surface area contributed by atoms with Crippen molar-refractivity contribution in [1.29, 1.82) is 0 Å². The van der Waals surface area contributed by atoms with Gasteiger partial charge in [0.15, 0.2) is 0 Å². The second-order valence-corrected chi connectivity index (χ2v) is 14.5. The summed E-state index contributed by atoms with van der Waals surface area (Å²) in [6, 6.07) is 50.9. The predicted molar refractivity (Wildman–Crippen MR) is 213 cm³/mol. The number of nitrogens with zero attached hydrogens (tertiary/aromatic N) is 1. The molecule has 2 heteroatoms. The van der Waals surface area contributed by atoms with Crippen LogP contribution in [0.25, 0.3) is 50.4 Å². The highest BCUT2D eigenvalue weighted by Crippen LogP contribution is 2.53. The van der Waals surface area contributed by atoms with E-state index >= 15 is 0 Å². The minimum atomic E-state index is -0.118. The monoisotopic (exact) mass is 655 g/mol. The van der Waals surface area contributed by atoms with Gasteiger partial charge >= 0.3 is 0 Å². The van der Waals surface area contributed by atoms with Crippen LogP contribution >= 0.6 is 0 Å². The molecule has 0 bridgehead atoms. The molecule has 51 heavy (non-hydrogen) atoms. The van der Waals surface area contributed by atoms with Crippen LogP contribution in [-0.4, -0.2) is 0 Å². The molecule has 0 fully saturated rings. The Kier molecular flexibility index (Phi) is 6.69. The van der Waals surface area contributed by atoms with Crippen molar-refractivity contribution in [2.45, 2.75) is 25.7 Å². The Morgan fingerprint density at radius 3 is 2.12 bits per heavy atom. The number of fused-ring (bicyclic) bond motifs is 7. The summed E-state index contributed by atoms with van der Waals surface area (Å²) in [6.07, 6.45) is 12.0. The molecule has 0 amide bonds. The van der Waals surface area contributed by atoms with Crippen molar-refractivity contribution < 1.29 is 4.42 Å². The van der Waals surface area contributed by atoms with Crippen molar-refractivity contribution in [3.63, 3.8) is 0 Å². The molecular weight excluding hydrogens is 619 g/mol. The zero-order valence-corrected chi connectivity index (χ0v) is 28.8. The van der Waals surface area contributed by atoms with E-state index < -0.39 is 0 Å². The number of hydrogen-bond donors (Lipinski definition) is 0. The summed E-state index contributed by atoms with van der Waals surface area (Å²) in [6.45, 7) is 4.71. The number of benzene rings is 6. The Morgan fingerprint density at radius 1 is 0.627 bits per heavy atom. The molecule has 1 unspecified atom stereocenters. The topological polar surface area (TPSA) is 16.4 Å². The van der Waals surface area contributed by atoms with Crippen molar-refractivity contribution in [2.24, 2.45) is 5.92 Å². The first-order valence-electron chi connectivity index (χ1n) is 17.9. The molecule has 2 nitrogen and oxygen atoms in total. The molecule has 0 spiro atoms. The van der Waals surface area contributed by atoms with Gasteiger partial charge < -0.3 is 9.32 Å². The van der Waals surface area contributed by atoms with E-state index in [1.54, 1.807) is 0 Å². The van der Waals surface area contributed by atoms with Crippen LogP contribution in [0.3, 0.4) is 0 Å². The molecule has 10 rings (SSSR count). The van der Waals surface area contributed by atoms with Gasteiger partial charge in [-0.3, -0.25) is 0 Å². The van der Waals surface area contributed by atoms with Gasteiger partial charge in [-0.15, -0.1) is 0 Å². The molecule has 0 saturated heterocycles. The van der Waals surface area contributed by atoms with Crippen LogP contribution in [0.5, 0.6) is 0 Å². The lowest BCUT2D eigenvalue weighted by molar-refractivity contribution is 0.586. The van der Waals surface area contributed by atoms with Gasteiger partial charge in [0.1, 0.15) is 11.3 Å². The molecule has 0 aliphatic heterocycles. The molecule has 1 aromatic heterocycles. The Labute approximate surface area is 299 Å². The van der Waals surface area contributed by atoms with Gasteiger partial charge in [-0.25, -0.2) is 0 Å². The number of furan rings is 1. The Bertz CT molecular complexity index is 2560. The number of rotatable bonds is 5. The van der Waals surface area contributed by atoms with Crippen LogP contribution < -0.4 is 4.90 Å². The largest absolute Gasteiger partial charge is 0.456 e. The predicted octanol–water partition coefficient (Wildman–Crippen LogP) is 13.2. The van der Waals surface area contributed by atoms with Crippen LogP contribution in [0.15, 0.2) is 174 Å². The second kappa shape index (κ2) is 11.5. The molecule has 1 atom stereocenters. The van der Waals surface area contributed by atoms with Crippen LogP contribution in [0.4, 0.5) is 17.1 Å². The minimum absolute atomic E-state index is 0.118. The van der Waals surface area contributed by atoms with Crippen molar-refractivity contribution in [1.82, 2.24) is 0 Å². The van der Waals surface area contributed by atoms with E-state index in [2.05, 4.69) is 189 Å². The molecule has 6 aromatic carbocycles. The van der Waals surface area contributed by atoms with Gasteiger partial charge in [-0.05, 0) is 93.4 Å². The first kappa shape index (κ1) is 29.8. The molecule has 3 aliphatic carbocycles. The van der Waals surface area contributed by atoms with E-state index in [9.17, 15) is 0 Å². The fraction of sp³-hybridized carbons (Fsp3) is 0.102. The molecule has 244 valence electrons. The Balaban J connectivity index is 1.23. The van der Waals surface area contributed by atoms with Crippen molar-refractivity contribution in [2.75, 3.05) is 4.90 Å². The van der Waals surface area contributed by atoms with Gasteiger partial charge in [0.25, 0.3) is 0 Å². The lowest BCUT2D eigenvalue weighted by atomic mass is 9.82. The van der Waals surface area contributed by atoms with Gasteiger partial charge in [0, 0.05) is 39.2 Å². The summed E-state index contributed by atoms with van der Waals surface area (Å²) in [4.78, 5) is 2.46. The molecular formula is C49H37NO. The third kappa shape index (κ3) is 4.71. The fourth-order valence-electron chi connectivity index (χ4n) is 8.67. The maximum atomic E-state index is 6.68. The van der Waals surface area contributed by atoms with Gasteiger partial charge in [0.2, 0.25) is 0 Å². The highest BCUT2D eigenvalue weighted by molar-refractivity contribution is 6.07. The summed E-state index contributed by atoms with van der Waals surface area (Å²) in [5, 5.41) is 1.20. The molecule has 0 N–H and O–H groups in total. The maximum absolute atomic E-state index is 6.68. The van der Waals surface area contributed by atoms with Crippen LogP contribution in [0.1, 0.15) is 36.3 Å². The standard InChI is InChI=1S/C49H37NO/c1-49(2)42-20-12-11-19-39(42)40-26-25-38(31-43(40)49)50(37-23-21-33(22-24-37)32-13-5-3-6-14-32)44-27-28-45-48(47(44)34-15-7-4-8-16-34)41-29-35-17-9-10-18-36(35)30-46(41)51-45/h3-28,30-31,35H,29H2,1-2H3. The SMILES string of the molecule is CC1(C)c2ccccc2-c2ccc(N(c3ccc(-c4ccccc4)cc3)c3ccc4oc5c(c4c3-c3ccccc3)CC3C=CC=CC3=C5)cc21. The summed E-state index contributed by atoms with van der Waals surface area (Å²) in [7, 11) is 0. The molecule has 1 heterocycles. The third-order valence-corrected chi connectivity index (χ3v) is 11.2. The van der Waals surface area contributed by atoms with Crippen LogP contribution in [0.2, 0.25) is 0 Å². The number of allylic oxidation sites excluding steroid dienone is 5. The zero-order chi connectivity index (χ0) is 34.1. The summed E-state index contributed by atoms with van der Waals surface area (Å²) < 4.78 is 6.68. The summed E-state index contributed by atoms with van der Waals surface area (Å²) in [5.74, 6) is 1.32. The number of hydrogen-bond acceptors (Lipinski definition) is 2. The lowest BCUT2D eigenvalue weighted by Crippen LogP contribution is -2.17. The van der Waals surface area contributed by atoms with E-state index in [1.165, 1.54) is 61.0 Å². The molecule has 0 saturated carbocycles. The van der Waals surface area contributed by atoms with Crippen molar-refractivity contribution in [3.8, 4) is 33.4 Å². The number of anilines is 3. The fourth-order valence-corrected chi connectivity index (χ4v) is 8.67. The van der Waals surface area contributed by atoms with Crippen LogP contribution in [-0.2, 0) is 11.8 Å². The van der Waals surface area contributed by atoms with Gasteiger partial charge in [0.05, 0.1) is 5.69 Å². The Morgan fingerprint density at radius 2 is 1.31 bits per heavy atom. The Hall–Kier alpha value is -6.12. The average Bonchev–Trinajstić information content (AvgIpc) is 3.65. The zero-order valence-electron chi connectivity index (χ0n) is 28.8. The maximum Gasteiger partial charge on any atom is 0.135 e. The molecule has 7 aromatic rings. The molecule has 3 aliphatic rings. The quantitative estimate of drug-likeness (QED) is 0.183. The van der Waals surface area contributed by atoms with Crippen molar-refractivity contribution >= 4 is 34.1 Å². The highest BCUT2D eigenvalue weighted by Gasteiger charge is 2.36. The second-order valence-electron chi connectivity index (χ2n) is 14.5. The summed E-state index contributed by atoms with van der Waals surface area (Å²) in [5.41, 5.74) is 16.9. The molecule has 0 radical (unpaired) electrons. The third-order valence-electron chi connectivity index (χ3n) is 11.2. The van der Waals surface area contributed by atoms with Crippen LogP contribution in [0, 0.1) is 5.92 Å². The van der Waals surface area contributed by atoms with E-state index in [0.29, 0.717) is 5.92 Å². The minimum Gasteiger partial charge on any atom is -0.456 e. The smallest absolute Gasteiger partial charge is 0.135 e. The van der Waals surface area contributed by atoms with E-state index in [0.717, 1.165) is 34.8 Å². The van der Waals surface area contributed by atoms with Gasteiger partial charge in [-0.1, -0.05) is 141 Å². The van der Waals surface area contributed by atoms with E-state index in [-0.39, 0.29) is 5.41 Å².